The highest BCUT2D eigenvalue weighted by atomic mass is 32.1. The highest BCUT2D eigenvalue weighted by Gasteiger charge is 2.08. The van der Waals surface area contributed by atoms with E-state index in [0.29, 0.717) is 17.1 Å². The van der Waals surface area contributed by atoms with E-state index in [4.69, 9.17) is 4.74 Å². The fourth-order valence-corrected chi connectivity index (χ4v) is 1.91. The maximum absolute atomic E-state index is 11.3. The quantitative estimate of drug-likeness (QED) is 0.448. The number of hydrogen-bond acceptors (Lipinski definition) is 4. The van der Waals surface area contributed by atoms with E-state index in [1.807, 2.05) is 0 Å². The van der Waals surface area contributed by atoms with Gasteiger partial charge >= 0.3 is 5.97 Å². The molecular formula is C11H12O3S. The Bertz CT molecular complexity index is 390. The molecule has 0 aliphatic carbocycles. The van der Waals surface area contributed by atoms with Crippen molar-refractivity contribution in [1.29, 1.82) is 0 Å². The topological polar surface area (TPSA) is 43.4 Å². The van der Waals surface area contributed by atoms with Gasteiger partial charge in [-0.3, -0.25) is 4.79 Å². The van der Waals surface area contributed by atoms with E-state index >= 15 is 0 Å². The summed E-state index contributed by atoms with van der Waals surface area (Å²) >= 11 is 1.31. The fourth-order valence-electron chi connectivity index (χ4n) is 1.00. The molecule has 0 aliphatic heterocycles. The number of allylic oxidation sites excluding steroid dienone is 1. The van der Waals surface area contributed by atoms with Crippen molar-refractivity contribution >= 4 is 29.7 Å². The number of carbonyl (C=O) groups excluding carboxylic acids is 2. The maximum Gasteiger partial charge on any atom is 0.348 e. The third kappa shape index (κ3) is 3.32. The highest BCUT2D eigenvalue weighted by Crippen LogP contribution is 2.19. The van der Waals surface area contributed by atoms with Crippen LogP contribution >= 0.6 is 11.3 Å². The number of hydrogen-bond donors (Lipinski definition) is 0. The minimum atomic E-state index is -0.314. The Morgan fingerprint density at radius 1 is 1.53 bits per heavy atom. The van der Waals surface area contributed by atoms with E-state index in [0.717, 1.165) is 11.2 Å². The molecule has 0 N–H and O–H groups in total. The Kier molecular flexibility index (Phi) is 4.24. The zero-order chi connectivity index (χ0) is 11.3. The molecule has 1 aromatic rings. The van der Waals surface area contributed by atoms with E-state index in [-0.39, 0.29) is 5.97 Å². The first-order valence-corrected chi connectivity index (χ1v) is 5.39. The molecule has 0 saturated carbocycles. The van der Waals surface area contributed by atoms with Crippen molar-refractivity contribution in [2.75, 3.05) is 6.61 Å². The molecule has 0 aromatic carbocycles. The first-order chi connectivity index (χ1) is 7.17. The molecule has 0 bridgehead atoms. The summed E-state index contributed by atoms with van der Waals surface area (Å²) in [5.74, 6) is -0.314. The molecule has 0 fully saturated rings. The molecular weight excluding hydrogens is 212 g/mol. The van der Waals surface area contributed by atoms with Crippen LogP contribution in [-0.4, -0.2) is 18.9 Å². The Balaban J connectivity index is 2.80. The summed E-state index contributed by atoms with van der Waals surface area (Å²) in [7, 11) is 0. The molecule has 0 spiro atoms. The van der Waals surface area contributed by atoms with Gasteiger partial charge in [0.05, 0.1) is 6.61 Å². The van der Waals surface area contributed by atoms with Gasteiger partial charge < -0.3 is 4.74 Å². The molecule has 1 rings (SSSR count). The fraction of sp³-hybridized carbons (Fsp3) is 0.273. The SMILES string of the molecule is CCOC(=O)c1ccc(/C=C(\C)C=O)s1. The van der Waals surface area contributed by atoms with Crippen LogP contribution in [0.5, 0.6) is 0 Å². The highest BCUT2D eigenvalue weighted by molar-refractivity contribution is 7.14. The number of ether oxygens (including phenoxy) is 1. The van der Waals surface area contributed by atoms with E-state index in [1.165, 1.54) is 11.3 Å². The lowest BCUT2D eigenvalue weighted by atomic mass is 10.3. The maximum atomic E-state index is 11.3. The minimum Gasteiger partial charge on any atom is -0.462 e. The molecule has 1 heterocycles. The van der Waals surface area contributed by atoms with Gasteiger partial charge in [-0.15, -0.1) is 11.3 Å². The largest absolute Gasteiger partial charge is 0.462 e. The van der Waals surface area contributed by atoms with Gasteiger partial charge in [0.1, 0.15) is 11.2 Å². The normalized spacial score (nSPS) is 11.2. The van der Waals surface area contributed by atoms with Crippen molar-refractivity contribution in [3.63, 3.8) is 0 Å². The predicted molar refractivity (Wildman–Crippen MR) is 60.0 cm³/mol. The molecule has 0 atom stereocenters. The Morgan fingerprint density at radius 3 is 2.87 bits per heavy atom. The number of carbonyl (C=O) groups is 2. The lowest BCUT2D eigenvalue weighted by Gasteiger charge is -1.96. The van der Waals surface area contributed by atoms with Crippen LogP contribution in [0.2, 0.25) is 0 Å². The summed E-state index contributed by atoms with van der Waals surface area (Å²) in [6, 6.07) is 3.50. The van der Waals surface area contributed by atoms with Crippen LogP contribution in [0, 0.1) is 0 Å². The molecule has 3 nitrogen and oxygen atoms in total. The molecule has 0 radical (unpaired) electrons. The van der Waals surface area contributed by atoms with Gasteiger partial charge in [-0.25, -0.2) is 4.79 Å². The van der Waals surface area contributed by atoms with E-state index in [9.17, 15) is 9.59 Å². The summed E-state index contributed by atoms with van der Waals surface area (Å²) < 4.78 is 4.85. The van der Waals surface area contributed by atoms with Crippen LogP contribution in [0.3, 0.4) is 0 Å². The lowest BCUT2D eigenvalue weighted by molar-refractivity contribution is -0.104. The lowest BCUT2D eigenvalue weighted by Crippen LogP contribution is -2.01. The van der Waals surface area contributed by atoms with Gasteiger partial charge in [-0.05, 0) is 37.6 Å². The second-order valence-electron chi connectivity index (χ2n) is 2.93. The first kappa shape index (κ1) is 11.7. The van der Waals surface area contributed by atoms with Gasteiger partial charge in [-0.1, -0.05) is 0 Å². The van der Waals surface area contributed by atoms with Crippen LogP contribution in [-0.2, 0) is 9.53 Å². The van der Waals surface area contributed by atoms with Crippen LogP contribution in [0.1, 0.15) is 28.4 Å². The van der Waals surface area contributed by atoms with Crippen LogP contribution in [0.15, 0.2) is 17.7 Å². The predicted octanol–water partition coefficient (Wildman–Crippen LogP) is 2.53. The molecule has 15 heavy (non-hydrogen) atoms. The number of esters is 1. The smallest absolute Gasteiger partial charge is 0.348 e. The number of thiophene rings is 1. The van der Waals surface area contributed by atoms with Crippen molar-refractivity contribution in [3.05, 3.63) is 27.5 Å². The molecule has 0 aliphatic rings. The Labute approximate surface area is 92.4 Å². The zero-order valence-electron chi connectivity index (χ0n) is 8.65. The standard InChI is InChI=1S/C11H12O3S/c1-3-14-11(13)10-5-4-9(15-10)6-8(2)7-12/h4-7H,3H2,1-2H3/b8-6+. The third-order valence-electron chi connectivity index (χ3n) is 1.66. The van der Waals surface area contributed by atoms with Gasteiger partial charge in [0.25, 0.3) is 0 Å². The number of rotatable bonds is 4. The molecule has 0 saturated heterocycles. The first-order valence-electron chi connectivity index (χ1n) is 4.57. The molecule has 80 valence electrons. The average molecular weight is 224 g/mol. The number of aldehydes is 1. The third-order valence-corrected chi connectivity index (χ3v) is 2.67. The van der Waals surface area contributed by atoms with Crippen molar-refractivity contribution in [1.82, 2.24) is 0 Å². The second kappa shape index (κ2) is 5.46. The summed E-state index contributed by atoms with van der Waals surface area (Å²) in [5, 5.41) is 0. The van der Waals surface area contributed by atoms with Crippen molar-refractivity contribution in [3.8, 4) is 0 Å². The molecule has 0 unspecified atom stereocenters. The van der Waals surface area contributed by atoms with Crippen molar-refractivity contribution < 1.29 is 14.3 Å². The van der Waals surface area contributed by atoms with Gasteiger partial charge in [-0.2, -0.15) is 0 Å². The van der Waals surface area contributed by atoms with Crippen LogP contribution in [0.25, 0.3) is 6.08 Å². The van der Waals surface area contributed by atoms with E-state index in [2.05, 4.69) is 0 Å². The zero-order valence-corrected chi connectivity index (χ0v) is 9.47. The summed E-state index contributed by atoms with van der Waals surface area (Å²) in [6.45, 7) is 3.86. The van der Waals surface area contributed by atoms with E-state index < -0.39 is 0 Å². The molecule has 4 heteroatoms. The second-order valence-corrected chi connectivity index (χ2v) is 4.04. The summed E-state index contributed by atoms with van der Waals surface area (Å²) in [4.78, 5) is 23.1. The Morgan fingerprint density at radius 2 is 2.27 bits per heavy atom. The van der Waals surface area contributed by atoms with Crippen LogP contribution in [0.4, 0.5) is 0 Å². The summed E-state index contributed by atoms with van der Waals surface area (Å²) in [6.07, 6.45) is 2.52. The van der Waals surface area contributed by atoms with Crippen LogP contribution < -0.4 is 0 Å². The van der Waals surface area contributed by atoms with Crippen molar-refractivity contribution in [2.45, 2.75) is 13.8 Å². The van der Waals surface area contributed by atoms with Gasteiger partial charge in [0.15, 0.2) is 0 Å². The van der Waals surface area contributed by atoms with Crippen molar-refractivity contribution in [2.24, 2.45) is 0 Å². The Hall–Kier alpha value is -1.42. The molecule has 0 amide bonds. The minimum absolute atomic E-state index is 0.314. The van der Waals surface area contributed by atoms with Gasteiger partial charge in [0.2, 0.25) is 0 Å². The summed E-state index contributed by atoms with van der Waals surface area (Å²) in [5.41, 5.74) is 0.632. The van der Waals surface area contributed by atoms with E-state index in [1.54, 1.807) is 32.1 Å². The molecule has 1 aromatic heterocycles. The monoisotopic (exact) mass is 224 g/mol. The van der Waals surface area contributed by atoms with Gasteiger partial charge in [0, 0.05) is 4.88 Å². The average Bonchev–Trinajstić information content (AvgIpc) is 2.66.